The molecule has 1 aromatic heterocycles. The van der Waals surface area contributed by atoms with Crippen LogP contribution < -0.4 is 10.5 Å². The average molecular weight is 309 g/mol. The third-order valence-electron chi connectivity index (χ3n) is 2.83. The van der Waals surface area contributed by atoms with Crippen molar-refractivity contribution in [2.24, 2.45) is 5.73 Å². The van der Waals surface area contributed by atoms with E-state index in [1.54, 1.807) is 18.2 Å². The molecule has 1 heterocycles. The Balaban J connectivity index is 2.23. The zero-order chi connectivity index (χ0) is 15.3. The van der Waals surface area contributed by atoms with Gasteiger partial charge < -0.3 is 5.73 Å². The smallest absolute Gasteiger partial charge is 0.282 e. The molecule has 0 saturated carbocycles. The van der Waals surface area contributed by atoms with Crippen molar-refractivity contribution in [3.63, 3.8) is 0 Å². The van der Waals surface area contributed by atoms with Crippen LogP contribution in [0.5, 0.6) is 0 Å². The molecule has 3 N–H and O–H groups in total. The molecule has 2 aromatic rings. The van der Waals surface area contributed by atoms with Crippen LogP contribution in [0.1, 0.15) is 12.0 Å². The molecule has 0 radical (unpaired) electrons. The van der Waals surface area contributed by atoms with E-state index in [-0.39, 0.29) is 0 Å². The molecule has 0 saturated heterocycles. The predicted octanol–water partition coefficient (Wildman–Crippen LogP) is 1.91. The van der Waals surface area contributed by atoms with Gasteiger partial charge in [0.1, 0.15) is 0 Å². The molecule has 0 spiro atoms. The summed E-state index contributed by atoms with van der Waals surface area (Å²) in [5, 5.41) is -0.614. The van der Waals surface area contributed by atoms with Gasteiger partial charge in [0.25, 0.3) is 10.0 Å². The van der Waals surface area contributed by atoms with Gasteiger partial charge in [-0.2, -0.15) is 8.42 Å². The molecule has 0 aliphatic rings. The maximum absolute atomic E-state index is 13.5. The first-order valence-electron chi connectivity index (χ1n) is 6.45. The van der Waals surface area contributed by atoms with Crippen LogP contribution in [-0.2, 0) is 16.4 Å². The maximum Gasteiger partial charge on any atom is 0.282 e. The number of benzene rings is 1. The number of hydrogen-bond acceptors (Lipinski definition) is 4. The summed E-state index contributed by atoms with van der Waals surface area (Å²) < 4.78 is 40.1. The zero-order valence-corrected chi connectivity index (χ0v) is 12.1. The fraction of sp³-hybridized carbons (Fsp3) is 0.214. The summed E-state index contributed by atoms with van der Waals surface area (Å²) in [5.74, 6) is -0.885. The molecule has 1 aromatic carbocycles. The molecule has 0 aliphatic heterocycles. The van der Waals surface area contributed by atoms with E-state index in [0.29, 0.717) is 12.2 Å². The highest BCUT2D eigenvalue weighted by molar-refractivity contribution is 7.92. The van der Waals surface area contributed by atoms with E-state index in [1.165, 1.54) is 12.3 Å². The average Bonchev–Trinajstić information content (AvgIpc) is 2.45. The van der Waals surface area contributed by atoms with E-state index < -0.39 is 20.9 Å². The zero-order valence-electron chi connectivity index (χ0n) is 11.3. The number of rotatable bonds is 6. The number of halogens is 1. The molecular weight excluding hydrogens is 293 g/mol. The predicted molar refractivity (Wildman–Crippen MR) is 78.8 cm³/mol. The maximum atomic E-state index is 13.5. The van der Waals surface area contributed by atoms with Gasteiger partial charge in [-0.3, -0.25) is 4.72 Å². The van der Waals surface area contributed by atoms with Crippen molar-refractivity contribution in [1.82, 2.24) is 4.98 Å². The minimum Gasteiger partial charge on any atom is -0.330 e. The summed E-state index contributed by atoms with van der Waals surface area (Å²) in [7, 11) is -4.04. The number of anilines is 1. The Morgan fingerprint density at radius 2 is 2.05 bits per heavy atom. The van der Waals surface area contributed by atoms with Crippen molar-refractivity contribution in [3.8, 4) is 0 Å². The van der Waals surface area contributed by atoms with Gasteiger partial charge in [0.15, 0.2) is 5.82 Å². The highest BCUT2D eigenvalue weighted by Crippen LogP contribution is 2.18. The molecule has 5 nitrogen and oxygen atoms in total. The topological polar surface area (TPSA) is 85.1 Å². The monoisotopic (exact) mass is 309 g/mol. The first kappa shape index (κ1) is 15.4. The second-order valence-corrected chi connectivity index (χ2v) is 6.09. The van der Waals surface area contributed by atoms with E-state index >= 15 is 0 Å². The van der Waals surface area contributed by atoms with E-state index in [0.717, 1.165) is 24.5 Å². The fourth-order valence-electron chi connectivity index (χ4n) is 1.87. The van der Waals surface area contributed by atoms with E-state index in [2.05, 4.69) is 9.71 Å². The number of aryl methyl sites for hydroxylation is 1. The highest BCUT2D eigenvalue weighted by Gasteiger charge is 2.20. The van der Waals surface area contributed by atoms with Crippen LogP contribution >= 0.6 is 0 Å². The highest BCUT2D eigenvalue weighted by atomic mass is 32.2. The minimum atomic E-state index is -4.04. The van der Waals surface area contributed by atoms with Crippen molar-refractivity contribution in [1.29, 1.82) is 0 Å². The molecule has 0 amide bonds. The lowest BCUT2D eigenvalue weighted by Gasteiger charge is -2.09. The normalized spacial score (nSPS) is 11.3. The Bertz CT molecular complexity index is 720. The number of aromatic nitrogens is 1. The number of hydrogen-bond donors (Lipinski definition) is 2. The van der Waals surface area contributed by atoms with Crippen molar-refractivity contribution < 1.29 is 12.8 Å². The Kier molecular flexibility index (Phi) is 4.87. The summed E-state index contributed by atoms with van der Waals surface area (Å²) in [4.78, 5) is 3.58. The number of pyridine rings is 1. The lowest BCUT2D eigenvalue weighted by atomic mass is 10.1. The van der Waals surface area contributed by atoms with E-state index in [4.69, 9.17) is 5.73 Å². The van der Waals surface area contributed by atoms with Gasteiger partial charge in [-0.1, -0.05) is 12.1 Å². The van der Waals surface area contributed by atoms with E-state index in [1.807, 2.05) is 6.07 Å². The van der Waals surface area contributed by atoms with Crippen LogP contribution in [0.3, 0.4) is 0 Å². The molecule has 2 rings (SSSR count). The molecule has 0 atom stereocenters. The van der Waals surface area contributed by atoms with Crippen LogP contribution in [0.2, 0.25) is 0 Å². The summed E-state index contributed by atoms with van der Waals surface area (Å²) in [5.41, 5.74) is 6.78. The third kappa shape index (κ3) is 3.99. The molecule has 0 fully saturated rings. The van der Waals surface area contributed by atoms with Gasteiger partial charge in [0.2, 0.25) is 5.03 Å². The van der Waals surface area contributed by atoms with Crippen molar-refractivity contribution >= 4 is 15.7 Å². The van der Waals surface area contributed by atoms with Gasteiger partial charge in [0, 0.05) is 11.9 Å². The molecule has 0 bridgehead atoms. The third-order valence-corrected chi connectivity index (χ3v) is 4.14. The Morgan fingerprint density at radius 3 is 2.76 bits per heavy atom. The second kappa shape index (κ2) is 6.64. The van der Waals surface area contributed by atoms with Crippen molar-refractivity contribution in [3.05, 3.63) is 54.0 Å². The number of nitrogens with two attached hydrogens (primary N) is 1. The lowest BCUT2D eigenvalue weighted by molar-refractivity contribution is 0.557. The summed E-state index contributed by atoms with van der Waals surface area (Å²) in [6.07, 6.45) is 2.80. The molecule has 0 unspecified atom stereocenters. The number of nitrogens with one attached hydrogen (secondary N) is 1. The summed E-state index contributed by atoms with van der Waals surface area (Å²) in [6, 6.07) is 9.31. The lowest BCUT2D eigenvalue weighted by Crippen LogP contribution is -2.16. The Hall–Kier alpha value is -1.99. The molecule has 112 valence electrons. The first-order valence-corrected chi connectivity index (χ1v) is 7.93. The summed E-state index contributed by atoms with van der Waals surface area (Å²) >= 11 is 0. The minimum absolute atomic E-state index is 0.370. The Morgan fingerprint density at radius 1 is 1.24 bits per heavy atom. The standard InChI is InChI=1S/C14H16FN3O2S/c15-13-7-3-9-17-14(13)21(19,20)18-12-6-1-4-11(10-12)5-2-8-16/h1,3-4,6-7,9-10,18H,2,5,8,16H2. The van der Waals surface area contributed by atoms with Crippen LogP contribution in [0.15, 0.2) is 47.6 Å². The SMILES string of the molecule is NCCCc1cccc(NS(=O)(=O)c2ncccc2F)c1. The van der Waals surface area contributed by atoms with Crippen molar-refractivity contribution in [2.75, 3.05) is 11.3 Å². The van der Waals surface area contributed by atoms with Gasteiger partial charge in [-0.25, -0.2) is 9.37 Å². The fourth-order valence-corrected chi connectivity index (χ4v) is 2.93. The van der Waals surface area contributed by atoms with Crippen LogP contribution in [0.4, 0.5) is 10.1 Å². The second-order valence-electron chi connectivity index (χ2n) is 4.49. The van der Waals surface area contributed by atoms with Gasteiger partial charge >= 0.3 is 0 Å². The number of sulfonamides is 1. The largest absolute Gasteiger partial charge is 0.330 e. The van der Waals surface area contributed by atoms with Crippen LogP contribution in [0.25, 0.3) is 0 Å². The van der Waals surface area contributed by atoms with Crippen LogP contribution in [0, 0.1) is 5.82 Å². The van der Waals surface area contributed by atoms with Gasteiger partial charge in [-0.05, 0) is 49.2 Å². The molecule has 7 heteroatoms. The quantitative estimate of drug-likeness (QED) is 0.853. The molecule has 21 heavy (non-hydrogen) atoms. The Labute approximate surface area is 123 Å². The van der Waals surface area contributed by atoms with Crippen LogP contribution in [-0.4, -0.2) is 19.9 Å². The number of nitrogens with zero attached hydrogens (tertiary/aromatic N) is 1. The van der Waals surface area contributed by atoms with Crippen molar-refractivity contribution in [2.45, 2.75) is 17.9 Å². The molecular formula is C14H16FN3O2S. The van der Waals surface area contributed by atoms with Gasteiger partial charge in [-0.15, -0.1) is 0 Å². The summed E-state index contributed by atoms with van der Waals surface area (Å²) in [6.45, 7) is 0.565. The van der Waals surface area contributed by atoms with Gasteiger partial charge in [0.05, 0.1) is 0 Å². The molecule has 0 aliphatic carbocycles. The first-order chi connectivity index (χ1) is 10.0. The van der Waals surface area contributed by atoms with E-state index in [9.17, 15) is 12.8 Å².